The first-order valence-electron chi connectivity index (χ1n) is 7.00. The highest BCUT2D eigenvalue weighted by Gasteiger charge is 2.44. The summed E-state index contributed by atoms with van der Waals surface area (Å²) in [6.07, 6.45) is 6.74. The van der Waals surface area contributed by atoms with Gasteiger partial charge in [0, 0.05) is 6.20 Å². The van der Waals surface area contributed by atoms with Crippen LogP contribution in [0.1, 0.15) is 49.8 Å². The van der Waals surface area contributed by atoms with Gasteiger partial charge in [-0.2, -0.15) is 0 Å². The lowest BCUT2D eigenvalue weighted by Crippen LogP contribution is -2.49. The van der Waals surface area contributed by atoms with Crippen molar-refractivity contribution in [2.75, 3.05) is 6.54 Å². The predicted octanol–water partition coefficient (Wildman–Crippen LogP) is 2.21. The van der Waals surface area contributed by atoms with E-state index >= 15 is 0 Å². The summed E-state index contributed by atoms with van der Waals surface area (Å²) in [4.78, 5) is 17.3. The van der Waals surface area contributed by atoms with E-state index in [-0.39, 0.29) is 11.5 Å². The van der Waals surface area contributed by atoms with E-state index in [1.807, 2.05) is 12.3 Å². The molecule has 0 amide bonds. The van der Waals surface area contributed by atoms with E-state index in [2.05, 4.69) is 23.3 Å². The van der Waals surface area contributed by atoms with Gasteiger partial charge in [-0.15, -0.1) is 0 Å². The Kier molecular flexibility index (Phi) is 2.94. The second-order valence-corrected chi connectivity index (χ2v) is 5.47. The first-order chi connectivity index (χ1) is 8.77. The molecule has 0 radical (unpaired) electrons. The second kappa shape index (κ2) is 4.47. The number of hydrogen-bond acceptors (Lipinski definition) is 3. The molecule has 1 N–H and O–H groups in total. The van der Waals surface area contributed by atoms with Crippen LogP contribution in [0.5, 0.6) is 0 Å². The van der Waals surface area contributed by atoms with Crippen molar-refractivity contribution < 1.29 is 4.79 Å². The lowest BCUT2D eigenvalue weighted by atomic mass is 9.81. The third-order valence-electron chi connectivity index (χ3n) is 4.59. The molecule has 1 aromatic rings. The third-order valence-corrected chi connectivity index (χ3v) is 4.59. The number of aryl methyl sites for hydroxylation is 1. The van der Waals surface area contributed by atoms with Gasteiger partial charge in [0.1, 0.15) is 0 Å². The number of rotatable bonds is 3. The Hall–Kier alpha value is -1.22. The number of carbonyl (C=O) groups is 1. The lowest BCUT2D eigenvalue weighted by Gasteiger charge is -2.29. The normalized spacial score (nSPS) is 30.4. The molecule has 2 atom stereocenters. The minimum atomic E-state index is -0.274. The average Bonchev–Trinajstić information content (AvgIpc) is 3.05. The summed E-state index contributed by atoms with van der Waals surface area (Å²) in [6.45, 7) is 3.09. The Morgan fingerprint density at radius 1 is 1.61 bits per heavy atom. The summed E-state index contributed by atoms with van der Waals surface area (Å²) in [5.41, 5.74) is 2.02. The molecule has 2 unspecified atom stereocenters. The zero-order valence-electron chi connectivity index (χ0n) is 10.9. The largest absolute Gasteiger partial charge is 0.305 e. The summed E-state index contributed by atoms with van der Waals surface area (Å²) in [5, 5.41) is 3.45. The number of hydrogen-bond donors (Lipinski definition) is 1. The van der Waals surface area contributed by atoms with Crippen LogP contribution in [0.25, 0.3) is 0 Å². The molecule has 18 heavy (non-hydrogen) atoms. The van der Waals surface area contributed by atoms with Crippen LogP contribution in [-0.2, 0) is 11.2 Å². The third kappa shape index (κ3) is 1.69. The first-order valence-corrected chi connectivity index (χ1v) is 7.00. The SMILES string of the molecule is CCC1(C(=O)C2CCc3cccnc32)CCCN1. The molecule has 0 spiro atoms. The molecule has 2 aliphatic rings. The number of carbonyl (C=O) groups excluding carboxylic acids is 1. The average molecular weight is 244 g/mol. The molecule has 0 saturated carbocycles. The molecule has 3 nitrogen and oxygen atoms in total. The molecule has 0 bridgehead atoms. The van der Waals surface area contributed by atoms with Gasteiger partial charge in [-0.1, -0.05) is 13.0 Å². The molecule has 3 heteroatoms. The summed E-state index contributed by atoms with van der Waals surface area (Å²) >= 11 is 0. The molecule has 1 saturated heterocycles. The number of fused-ring (bicyclic) bond motifs is 1. The first kappa shape index (κ1) is 11.8. The van der Waals surface area contributed by atoms with Gasteiger partial charge in [0.25, 0.3) is 0 Å². The van der Waals surface area contributed by atoms with Crippen molar-refractivity contribution in [3.05, 3.63) is 29.6 Å². The molecule has 96 valence electrons. The number of nitrogens with one attached hydrogen (secondary N) is 1. The molecule has 1 aliphatic carbocycles. The van der Waals surface area contributed by atoms with Crippen LogP contribution in [0.2, 0.25) is 0 Å². The fourth-order valence-electron chi connectivity index (χ4n) is 3.49. The maximum Gasteiger partial charge on any atom is 0.161 e. The fourth-order valence-corrected chi connectivity index (χ4v) is 3.49. The quantitative estimate of drug-likeness (QED) is 0.886. The van der Waals surface area contributed by atoms with E-state index in [1.54, 1.807) is 0 Å². The molecule has 1 aromatic heterocycles. The number of aromatic nitrogens is 1. The van der Waals surface area contributed by atoms with Crippen LogP contribution < -0.4 is 5.32 Å². The maximum atomic E-state index is 12.9. The van der Waals surface area contributed by atoms with Gasteiger partial charge in [0.2, 0.25) is 0 Å². The molecular formula is C15H20N2O. The van der Waals surface area contributed by atoms with Gasteiger partial charge < -0.3 is 5.32 Å². The Labute approximate surface area is 108 Å². The van der Waals surface area contributed by atoms with Crippen molar-refractivity contribution in [3.63, 3.8) is 0 Å². The van der Waals surface area contributed by atoms with Crippen LogP contribution in [0.15, 0.2) is 18.3 Å². The smallest absolute Gasteiger partial charge is 0.161 e. The van der Waals surface area contributed by atoms with Crippen LogP contribution in [0.4, 0.5) is 0 Å². The Bertz CT molecular complexity index is 463. The molecule has 2 heterocycles. The Morgan fingerprint density at radius 2 is 2.50 bits per heavy atom. The van der Waals surface area contributed by atoms with E-state index < -0.39 is 0 Å². The van der Waals surface area contributed by atoms with Crippen molar-refractivity contribution in [2.24, 2.45) is 0 Å². The van der Waals surface area contributed by atoms with E-state index in [4.69, 9.17) is 0 Å². The zero-order chi connectivity index (χ0) is 12.6. The van der Waals surface area contributed by atoms with Crippen LogP contribution >= 0.6 is 0 Å². The Morgan fingerprint density at radius 3 is 3.22 bits per heavy atom. The number of pyridine rings is 1. The molecule has 1 aliphatic heterocycles. The van der Waals surface area contributed by atoms with Gasteiger partial charge in [-0.25, -0.2) is 0 Å². The number of ketones is 1. The summed E-state index contributed by atoms with van der Waals surface area (Å²) in [7, 11) is 0. The summed E-state index contributed by atoms with van der Waals surface area (Å²) < 4.78 is 0. The van der Waals surface area contributed by atoms with Crippen LogP contribution in [0.3, 0.4) is 0 Å². The highest BCUT2D eigenvalue weighted by molar-refractivity contribution is 5.95. The zero-order valence-corrected chi connectivity index (χ0v) is 10.9. The maximum absolute atomic E-state index is 12.9. The topological polar surface area (TPSA) is 42.0 Å². The van der Waals surface area contributed by atoms with E-state index in [0.29, 0.717) is 5.78 Å². The highest BCUT2D eigenvalue weighted by Crippen LogP contribution is 2.38. The van der Waals surface area contributed by atoms with Crippen molar-refractivity contribution in [1.29, 1.82) is 0 Å². The van der Waals surface area contributed by atoms with Crippen LogP contribution in [0, 0.1) is 0 Å². The molecule has 1 fully saturated rings. The summed E-state index contributed by atoms with van der Waals surface area (Å²) in [5.74, 6) is 0.395. The molecule has 0 aromatic carbocycles. The van der Waals surface area contributed by atoms with Crippen molar-refractivity contribution in [3.8, 4) is 0 Å². The fraction of sp³-hybridized carbons (Fsp3) is 0.600. The van der Waals surface area contributed by atoms with Gasteiger partial charge >= 0.3 is 0 Å². The Balaban J connectivity index is 1.90. The van der Waals surface area contributed by atoms with E-state index in [0.717, 1.165) is 44.3 Å². The molecule has 3 rings (SSSR count). The minimum absolute atomic E-state index is 0.0201. The van der Waals surface area contributed by atoms with Crippen molar-refractivity contribution >= 4 is 5.78 Å². The van der Waals surface area contributed by atoms with Gasteiger partial charge in [0.15, 0.2) is 5.78 Å². The lowest BCUT2D eigenvalue weighted by molar-refractivity contribution is -0.126. The van der Waals surface area contributed by atoms with Gasteiger partial charge in [-0.3, -0.25) is 9.78 Å². The van der Waals surface area contributed by atoms with Crippen molar-refractivity contribution in [1.82, 2.24) is 10.3 Å². The number of nitrogens with zero attached hydrogens (tertiary/aromatic N) is 1. The van der Waals surface area contributed by atoms with Gasteiger partial charge in [-0.05, 0) is 50.3 Å². The monoisotopic (exact) mass is 244 g/mol. The second-order valence-electron chi connectivity index (χ2n) is 5.47. The minimum Gasteiger partial charge on any atom is -0.305 e. The predicted molar refractivity (Wildman–Crippen MR) is 70.6 cm³/mol. The molecular weight excluding hydrogens is 224 g/mol. The van der Waals surface area contributed by atoms with Crippen LogP contribution in [-0.4, -0.2) is 22.9 Å². The highest BCUT2D eigenvalue weighted by atomic mass is 16.1. The van der Waals surface area contributed by atoms with E-state index in [1.165, 1.54) is 5.56 Å². The van der Waals surface area contributed by atoms with Gasteiger partial charge in [0.05, 0.1) is 17.2 Å². The number of Topliss-reactive ketones (excluding diaryl/α,β-unsaturated/α-hetero) is 1. The standard InChI is InChI=1S/C15H20N2O/c1-2-15(8-4-10-17-15)14(18)12-7-6-11-5-3-9-16-13(11)12/h3,5,9,12,17H,2,4,6-8,10H2,1H3. The summed E-state index contributed by atoms with van der Waals surface area (Å²) in [6, 6.07) is 4.07. The van der Waals surface area contributed by atoms with Crippen molar-refractivity contribution in [2.45, 2.75) is 50.5 Å². The van der Waals surface area contributed by atoms with E-state index in [9.17, 15) is 4.79 Å².